The number of fused-ring (bicyclic) bond motifs is 2. The maximum absolute atomic E-state index is 13.0. The summed E-state index contributed by atoms with van der Waals surface area (Å²) in [6, 6.07) is 16.0. The van der Waals surface area contributed by atoms with Crippen molar-refractivity contribution >= 4 is 27.3 Å². The van der Waals surface area contributed by atoms with Crippen molar-refractivity contribution < 1.29 is 9.53 Å². The van der Waals surface area contributed by atoms with Crippen LogP contribution in [0.25, 0.3) is 15.3 Å². The normalized spacial score (nSPS) is 16.4. The molecule has 0 N–H and O–H groups in total. The minimum absolute atomic E-state index is 0.0698. The SMILES string of the molecule is COc1ccccc1[C@H]1CC(=O)c2c(C)nn(-c3nc4ccccc4s3)c2C1. The van der Waals surface area contributed by atoms with Gasteiger partial charge in [-0.25, -0.2) is 9.67 Å². The number of ketones is 1. The van der Waals surface area contributed by atoms with Gasteiger partial charge in [-0.05, 0) is 37.1 Å². The summed E-state index contributed by atoms with van der Waals surface area (Å²) in [6.07, 6.45) is 1.21. The highest BCUT2D eigenvalue weighted by atomic mass is 32.1. The van der Waals surface area contributed by atoms with Crippen molar-refractivity contribution in [1.82, 2.24) is 14.8 Å². The number of carbonyl (C=O) groups is 1. The van der Waals surface area contributed by atoms with E-state index in [1.54, 1.807) is 18.4 Å². The van der Waals surface area contributed by atoms with E-state index < -0.39 is 0 Å². The third-order valence-corrected chi connectivity index (χ3v) is 6.36. The highest BCUT2D eigenvalue weighted by Crippen LogP contribution is 2.39. The van der Waals surface area contributed by atoms with Gasteiger partial charge in [-0.1, -0.05) is 41.7 Å². The Kier molecular flexibility index (Phi) is 4.02. The van der Waals surface area contributed by atoms with Crippen molar-refractivity contribution in [3.05, 3.63) is 71.0 Å². The van der Waals surface area contributed by atoms with Crippen molar-refractivity contribution in [1.29, 1.82) is 0 Å². The second kappa shape index (κ2) is 6.56. The molecule has 0 saturated carbocycles. The molecule has 2 aromatic carbocycles. The molecule has 0 saturated heterocycles. The second-order valence-corrected chi connectivity index (χ2v) is 8.06. The predicted octanol–water partition coefficient (Wildman–Crippen LogP) is 4.71. The Labute approximate surface area is 166 Å². The summed E-state index contributed by atoms with van der Waals surface area (Å²) >= 11 is 1.60. The molecule has 4 aromatic rings. The van der Waals surface area contributed by atoms with Gasteiger partial charge in [-0.2, -0.15) is 5.10 Å². The lowest BCUT2D eigenvalue weighted by Gasteiger charge is -2.24. The number of carbonyl (C=O) groups excluding carboxylic acids is 1. The fraction of sp³-hybridized carbons (Fsp3) is 0.227. The maximum Gasteiger partial charge on any atom is 0.211 e. The van der Waals surface area contributed by atoms with Crippen LogP contribution in [0.5, 0.6) is 5.75 Å². The van der Waals surface area contributed by atoms with Crippen LogP contribution in [0.3, 0.4) is 0 Å². The maximum atomic E-state index is 13.0. The van der Waals surface area contributed by atoms with E-state index in [1.165, 1.54) is 0 Å². The molecule has 2 heterocycles. The van der Waals surface area contributed by atoms with Crippen LogP contribution in [0.1, 0.15) is 39.6 Å². The third-order valence-electron chi connectivity index (χ3n) is 5.35. The molecule has 5 nitrogen and oxygen atoms in total. The van der Waals surface area contributed by atoms with Crippen LogP contribution in [-0.2, 0) is 6.42 Å². The number of hydrogen-bond donors (Lipinski definition) is 0. The topological polar surface area (TPSA) is 57.0 Å². The zero-order chi connectivity index (χ0) is 19.3. The van der Waals surface area contributed by atoms with Gasteiger partial charge in [0.05, 0.1) is 34.3 Å². The Morgan fingerprint density at radius 3 is 2.71 bits per heavy atom. The Balaban J connectivity index is 1.63. The van der Waals surface area contributed by atoms with Crippen LogP contribution < -0.4 is 4.74 Å². The average Bonchev–Trinajstić information content (AvgIpc) is 3.29. The molecule has 140 valence electrons. The molecule has 28 heavy (non-hydrogen) atoms. The summed E-state index contributed by atoms with van der Waals surface area (Å²) in [4.78, 5) is 17.7. The highest BCUT2D eigenvalue weighted by Gasteiger charge is 2.33. The summed E-state index contributed by atoms with van der Waals surface area (Å²) in [5.41, 5.74) is 4.50. The fourth-order valence-electron chi connectivity index (χ4n) is 4.09. The lowest BCUT2D eigenvalue weighted by molar-refractivity contribution is 0.0963. The number of rotatable bonds is 3. The molecule has 0 bridgehead atoms. The van der Waals surface area contributed by atoms with Gasteiger partial charge in [-0.15, -0.1) is 0 Å². The van der Waals surface area contributed by atoms with E-state index >= 15 is 0 Å². The molecule has 1 atom stereocenters. The third kappa shape index (κ3) is 2.64. The number of Topliss-reactive ketones (excluding diaryl/α,β-unsaturated/α-hetero) is 1. The number of methoxy groups -OCH3 is 1. The number of para-hydroxylation sites is 2. The van der Waals surface area contributed by atoms with Crippen LogP contribution >= 0.6 is 11.3 Å². The first-order chi connectivity index (χ1) is 13.7. The van der Waals surface area contributed by atoms with Gasteiger partial charge >= 0.3 is 0 Å². The van der Waals surface area contributed by atoms with E-state index in [2.05, 4.69) is 6.07 Å². The van der Waals surface area contributed by atoms with Crippen LogP contribution in [0, 0.1) is 6.92 Å². The predicted molar refractivity (Wildman–Crippen MR) is 110 cm³/mol. The van der Waals surface area contributed by atoms with Crippen LogP contribution in [-0.4, -0.2) is 27.7 Å². The zero-order valence-corrected chi connectivity index (χ0v) is 16.5. The average molecular weight is 389 g/mol. The number of nitrogens with zero attached hydrogens (tertiary/aromatic N) is 3. The number of aryl methyl sites for hydroxylation is 1. The Morgan fingerprint density at radius 1 is 1.11 bits per heavy atom. The molecule has 0 fully saturated rings. The van der Waals surface area contributed by atoms with Crippen LogP contribution in [0.15, 0.2) is 48.5 Å². The first-order valence-electron chi connectivity index (χ1n) is 9.26. The van der Waals surface area contributed by atoms with E-state index in [0.717, 1.165) is 50.0 Å². The molecule has 5 rings (SSSR count). The molecule has 1 aliphatic rings. The number of ether oxygens (including phenoxy) is 1. The smallest absolute Gasteiger partial charge is 0.211 e. The Morgan fingerprint density at radius 2 is 1.89 bits per heavy atom. The van der Waals surface area contributed by atoms with Gasteiger partial charge in [-0.3, -0.25) is 4.79 Å². The van der Waals surface area contributed by atoms with Gasteiger partial charge in [0.25, 0.3) is 0 Å². The van der Waals surface area contributed by atoms with E-state index in [0.29, 0.717) is 6.42 Å². The first-order valence-corrected chi connectivity index (χ1v) is 10.1. The van der Waals surface area contributed by atoms with E-state index in [4.69, 9.17) is 14.8 Å². The summed E-state index contributed by atoms with van der Waals surface area (Å²) < 4.78 is 8.52. The summed E-state index contributed by atoms with van der Waals surface area (Å²) in [6.45, 7) is 1.91. The minimum Gasteiger partial charge on any atom is -0.496 e. The van der Waals surface area contributed by atoms with E-state index in [-0.39, 0.29) is 11.7 Å². The van der Waals surface area contributed by atoms with Crippen LogP contribution in [0.4, 0.5) is 0 Å². The molecular formula is C22H19N3O2S. The Bertz CT molecular complexity index is 1170. The molecule has 6 heteroatoms. The summed E-state index contributed by atoms with van der Waals surface area (Å²) in [5, 5.41) is 5.50. The lowest BCUT2D eigenvalue weighted by Crippen LogP contribution is -2.21. The molecule has 0 amide bonds. The molecule has 0 radical (unpaired) electrons. The number of thiazole rings is 1. The van der Waals surface area contributed by atoms with Gasteiger partial charge in [0.15, 0.2) is 5.78 Å². The van der Waals surface area contributed by atoms with Crippen molar-refractivity contribution in [3.8, 4) is 10.9 Å². The van der Waals surface area contributed by atoms with Gasteiger partial charge in [0, 0.05) is 12.3 Å². The van der Waals surface area contributed by atoms with E-state index in [9.17, 15) is 4.79 Å². The highest BCUT2D eigenvalue weighted by molar-refractivity contribution is 7.20. The van der Waals surface area contributed by atoms with Crippen molar-refractivity contribution in [2.45, 2.75) is 25.7 Å². The minimum atomic E-state index is 0.0698. The number of aromatic nitrogens is 3. The second-order valence-electron chi connectivity index (χ2n) is 7.05. The summed E-state index contributed by atoms with van der Waals surface area (Å²) in [5.74, 6) is 1.04. The zero-order valence-electron chi connectivity index (χ0n) is 15.7. The number of hydrogen-bond acceptors (Lipinski definition) is 5. The van der Waals surface area contributed by atoms with Crippen molar-refractivity contribution in [2.24, 2.45) is 0 Å². The van der Waals surface area contributed by atoms with Gasteiger partial charge < -0.3 is 4.74 Å². The monoisotopic (exact) mass is 389 g/mol. The number of benzene rings is 2. The van der Waals surface area contributed by atoms with Crippen molar-refractivity contribution in [2.75, 3.05) is 7.11 Å². The van der Waals surface area contributed by atoms with Gasteiger partial charge in [0.1, 0.15) is 5.75 Å². The molecule has 2 aromatic heterocycles. The van der Waals surface area contributed by atoms with Gasteiger partial charge in [0.2, 0.25) is 5.13 Å². The lowest BCUT2D eigenvalue weighted by atomic mass is 9.81. The molecule has 1 aliphatic carbocycles. The fourth-order valence-corrected chi connectivity index (χ4v) is 5.03. The van der Waals surface area contributed by atoms with Crippen LogP contribution in [0.2, 0.25) is 0 Å². The largest absolute Gasteiger partial charge is 0.496 e. The van der Waals surface area contributed by atoms with Crippen molar-refractivity contribution in [3.63, 3.8) is 0 Å². The molecule has 0 spiro atoms. The molecular weight excluding hydrogens is 370 g/mol. The Hall–Kier alpha value is -2.99. The van der Waals surface area contributed by atoms with E-state index in [1.807, 2.05) is 54.1 Å². The first kappa shape index (κ1) is 17.1. The summed E-state index contributed by atoms with van der Waals surface area (Å²) in [7, 11) is 1.67. The standard InChI is InChI=1S/C22H19N3O2S/c1-13-21-17(25(24-13)22-23-16-8-4-6-10-20(16)28-22)11-14(12-18(21)26)15-7-3-5-9-19(15)27-2/h3-10,14H,11-12H2,1-2H3/t14-/m1/s1. The molecule has 0 aliphatic heterocycles. The quantitative estimate of drug-likeness (QED) is 0.509. The molecule has 0 unspecified atom stereocenters.